The smallest absolute Gasteiger partial charge is 0.463 e. The third-order valence-corrected chi connectivity index (χ3v) is 15.4. The summed E-state index contributed by atoms with van der Waals surface area (Å²) in [4.78, 5) is 58.3. The summed E-state index contributed by atoms with van der Waals surface area (Å²) in [5, 5.41) is 20.5. The molecule has 4 N–H and O–H groups in total. The van der Waals surface area contributed by atoms with Crippen molar-refractivity contribution in [3.8, 4) is 0 Å². The van der Waals surface area contributed by atoms with Gasteiger partial charge in [0.05, 0.1) is 26.4 Å². The molecule has 5 unspecified atom stereocenters. The summed E-state index contributed by atoms with van der Waals surface area (Å²) in [5.74, 6) is -1.67. The number of phosphoric ester groups is 2. The molecule has 0 radical (unpaired) electrons. The van der Waals surface area contributed by atoms with Gasteiger partial charge in [-0.3, -0.25) is 32.5 Å². The number of aliphatic hydroxyl groups excluding tert-OH is 2. The lowest BCUT2D eigenvalue weighted by atomic mass is 10.0. The van der Waals surface area contributed by atoms with Crippen LogP contribution in [0.15, 0.2) is 109 Å². The van der Waals surface area contributed by atoms with Crippen LogP contribution in [-0.4, -0.2) is 95.9 Å². The highest BCUT2D eigenvalue weighted by molar-refractivity contribution is 7.47. The van der Waals surface area contributed by atoms with Gasteiger partial charge in [-0.05, 0) is 89.9 Å². The van der Waals surface area contributed by atoms with Gasteiger partial charge in [-0.25, -0.2) is 9.13 Å². The number of esters is 3. The normalized spacial score (nSPS) is 15.0. The minimum absolute atomic E-state index is 0.0586. The molecule has 18 heteroatoms. The van der Waals surface area contributed by atoms with Crippen LogP contribution in [0, 0.1) is 0 Å². The maximum Gasteiger partial charge on any atom is 0.472 e. The molecule has 0 rings (SSSR count). The highest BCUT2D eigenvalue weighted by Gasteiger charge is 2.29. The zero-order valence-electron chi connectivity index (χ0n) is 53.9. The summed E-state index contributed by atoms with van der Waals surface area (Å²) in [6.45, 7) is 2.35. The molecule has 0 aromatic rings. The number of carbonyl (C=O) groups is 3. The minimum Gasteiger partial charge on any atom is -0.463 e. The summed E-state index contributed by atoms with van der Waals surface area (Å²) in [6.07, 6.45) is 68.7. The second-order valence-electron chi connectivity index (χ2n) is 21.9. The van der Waals surface area contributed by atoms with E-state index in [2.05, 4.69) is 112 Å². The number of carbonyl (C=O) groups excluding carboxylic acids is 3. The van der Waals surface area contributed by atoms with Crippen molar-refractivity contribution in [1.29, 1.82) is 0 Å². The highest BCUT2D eigenvalue weighted by Crippen LogP contribution is 2.45. The molecule has 0 heterocycles. The summed E-state index contributed by atoms with van der Waals surface area (Å²) >= 11 is 0. The fourth-order valence-electron chi connectivity index (χ4n) is 8.49. The van der Waals surface area contributed by atoms with Crippen LogP contribution in [0.25, 0.3) is 0 Å². The van der Waals surface area contributed by atoms with Crippen LogP contribution in [0.1, 0.15) is 252 Å². The van der Waals surface area contributed by atoms with Gasteiger partial charge in [0.15, 0.2) is 6.10 Å². The number of hydrogen-bond acceptors (Lipinski definition) is 14. The zero-order valence-corrected chi connectivity index (χ0v) is 55.7. The van der Waals surface area contributed by atoms with Gasteiger partial charge in [0.25, 0.3) is 0 Å². The van der Waals surface area contributed by atoms with E-state index in [-0.39, 0.29) is 19.3 Å². The van der Waals surface area contributed by atoms with Gasteiger partial charge >= 0.3 is 33.6 Å². The SMILES string of the molecule is CC/C=C\C/C=C\C/C=C\C/C=C\C/C=C\C/C=C\CCC(=O)OCC(O)COP(=O)(O)OCC(O)COP(=O)(O)OCC(COC(=O)CCCCCCCCC/C=C\C/C=C\C/C=C\CC)OC(=O)CCCCCCCCCCCCCCCCC. The van der Waals surface area contributed by atoms with Crippen LogP contribution in [0.2, 0.25) is 0 Å². The van der Waals surface area contributed by atoms with Crippen molar-refractivity contribution in [1.82, 2.24) is 0 Å². The monoisotopic (exact) mass is 1260 g/mol. The summed E-state index contributed by atoms with van der Waals surface area (Å²) in [6, 6.07) is 0. The molecule has 0 spiro atoms. The third-order valence-electron chi connectivity index (χ3n) is 13.5. The zero-order chi connectivity index (χ0) is 63.8. The summed E-state index contributed by atoms with van der Waals surface area (Å²) in [5.41, 5.74) is 0. The molecule has 0 bridgehead atoms. The molecule has 0 aromatic carbocycles. The second kappa shape index (κ2) is 62.4. The van der Waals surface area contributed by atoms with E-state index in [9.17, 15) is 43.5 Å². The average Bonchev–Trinajstić information content (AvgIpc) is 3.68. The molecule has 0 aliphatic heterocycles. The number of unbranched alkanes of at least 4 members (excludes halogenated alkanes) is 21. The Bertz CT molecular complexity index is 2030. The number of aliphatic hydroxyl groups is 2. The van der Waals surface area contributed by atoms with Gasteiger partial charge in [-0.15, -0.1) is 0 Å². The maximum atomic E-state index is 12.9. The van der Waals surface area contributed by atoms with Gasteiger partial charge in [0, 0.05) is 19.3 Å². The molecule has 87 heavy (non-hydrogen) atoms. The molecule has 0 aliphatic carbocycles. The van der Waals surface area contributed by atoms with Crippen LogP contribution >= 0.6 is 15.6 Å². The van der Waals surface area contributed by atoms with Gasteiger partial charge < -0.3 is 34.2 Å². The Morgan fingerprint density at radius 3 is 1.03 bits per heavy atom. The maximum absolute atomic E-state index is 12.9. The Labute approximate surface area is 526 Å². The molecular weight excluding hydrogens is 1150 g/mol. The van der Waals surface area contributed by atoms with Crippen LogP contribution in [0.3, 0.4) is 0 Å². The molecule has 0 aromatic heterocycles. The Hall–Kier alpha value is -3.79. The standard InChI is InChI=1S/C69H118O16P2/c1-4-7-10-13-16-19-22-25-28-30-31-33-36-37-40-43-46-49-52-55-67(72)79-58-64(70)59-81-86(75,76)82-60-65(71)61-83-87(77,78)84-63-66(85-69(74)57-54-51-48-45-42-39-34-27-24-21-18-15-12-9-6-3)62-80-68(73)56-53-50-47-44-41-38-35-32-29-26-23-20-17-14-11-8-5-2/h7-8,10-11,16-17,19-20,25-26,28-29,31,33,37,40,46,49,64-66,70-71H,4-6,9,12-15,18,21-24,27,30,32,34-36,38-39,41-45,47-48,50-63H2,1-3H3,(H,75,76)(H,77,78)/b10-7-,11-8-,19-16-,20-17-,28-25-,29-26-,33-31-,40-37-,49-46-. The lowest BCUT2D eigenvalue weighted by molar-refractivity contribution is -0.161. The van der Waals surface area contributed by atoms with Gasteiger partial charge in [-0.1, -0.05) is 252 Å². The van der Waals surface area contributed by atoms with Crippen LogP contribution < -0.4 is 0 Å². The first kappa shape index (κ1) is 83.2. The average molecular weight is 1270 g/mol. The second-order valence-corrected chi connectivity index (χ2v) is 24.8. The molecule has 0 saturated carbocycles. The van der Waals surface area contributed by atoms with Crippen molar-refractivity contribution in [3.63, 3.8) is 0 Å². The fraction of sp³-hybridized carbons (Fsp3) is 0.696. The molecule has 16 nitrogen and oxygen atoms in total. The molecule has 500 valence electrons. The van der Waals surface area contributed by atoms with Crippen molar-refractivity contribution in [2.75, 3.05) is 39.6 Å². The summed E-state index contributed by atoms with van der Waals surface area (Å²) in [7, 11) is -9.79. The number of hydrogen-bond donors (Lipinski definition) is 4. The Kier molecular flexibility index (Phi) is 59.7. The first-order chi connectivity index (χ1) is 42.2. The van der Waals surface area contributed by atoms with E-state index in [1.165, 1.54) is 64.2 Å². The molecule has 0 saturated heterocycles. The predicted molar refractivity (Wildman–Crippen MR) is 353 cm³/mol. The lowest BCUT2D eigenvalue weighted by Gasteiger charge is -2.21. The number of rotatable bonds is 62. The lowest BCUT2D eigenvalue weighted by Crippen LogP contribution is -2.30. The van der Waals surface area contributed by atoms with Crippen LogP contribution in [0.4, 0.5) is 0 Å². The largest absolute Gasteiger partial charge is 0.472 e. The van der Waals surface area contributed by atoms with E-state index in [1.807, 2.05) is 18.2 Å². The van der Waals surface area contributed by atoms with E-state index in [4.69, 9.17) is 32.3 Å². The molecule has 0 fully saturated rings. The van der Waals surface area contributed by atoms with E-state index >= 15 is 0 Å². The first-order valence-electron chi connectivity index (χ1n) is 33.2. The topological polar surface area (TPSA) is 231 Å². The number of phosphoric acid groups is 2. The van der Waals surface area contributed by atoms with Crippen molar-refractivity contribution in [2.24, 2.45) is 0 Å². The van der Waals surface area contributed by atoms with Crippen molar-refractivity contribution < 1.29 is 75.8 Å². The van der Waals surface area contributed by atoms with E-state index < -0.39 is 91.5 Å². The van der Waals surface area contributed by atoms with E-state index in [1.54, 1.807) is 0 Å². The van der Waals surface area contributed by atoms with Gasteiger partial charge in [-0.2, -0.15) is 0 Å². The third kappa shape index (κ3) is 63.6. The van der Waals surface area contributed by atoms with Gasteiger partial charge in [0.1, 0.15) is 25.4 Å². The highest BCUT2D eigenvalue weighted by atomic mass is 31.2. The first-order valence-corrected chi connectivity index (χ1v) is 36.2. The number of ether oxygens (including phenoxy) is 3. The van der Waals surface area contributed by atoms with Crippen LogP contribution in [-0.2, 0) is 55.8 Å². The molecule has 0 amide bonds. The Morgan fingerprint density at radius 1 is 0.333 bits per heavy atom. The fourth-order valence-corrected chi connectivity index (χ4v) is 10.1. The quantitative estimate of drug-likeness (QED) is 0.0146. The molecule has 5 atom stereocenters. The minimum atomic E-state index is -4.93. The van der Waals surface area contributed by atoms with Gasteiger partial charge in [0.2, 0.25) is 0 Å². The predicted octanol–water partition coefficient (Wildman–Crippen LogP) is 18.1. The number of allylic oxidation sites excluding steroid dienone is 18. The molecule has 0 aliphatic rings. The van der Waals surface area contributed by atoms with Crippen molar-refractivity contribution in [2.45, 2.75) is 270 Å². The summed E-state index contributed by atoms with van der Waals surface area (Å²) < 4.78 is 60.8. The van der Waals surface area contributed by atoms with Crippen LogP contribution in [0.5, 0.6) is 0 Å². The van der Waals surface area contributed by atoms with Crippen molar-refractivity contribution >= 4 is 33.6 Å². The van der Waals surface area contributed by atoms with Crippen molar-refractivity contribution in [3.05, 3.63) is 109 Å². The van der Waals surface area contributed by atoms with E-state index in [0.29, 0.717) is 25.7 Å². The Morgan fingerprint density at radius 2 is 0.632 bits per heavy atom. The van der Waals surface area contributed by atoms with E-state index in [0.717, 1.165) is 122 Å². The Balaban J connectivity index is 4.74. The molecular formula is C69H118O16P2.